The molecule has 0 saturated heterocycles. The molecule has 20 heavy (non-hydrogen) atoms. The second kappa shape index (κ2) is 5.00. The number of nitrogens with two attached hydrogens (primary N) is 1. The van der Waals surface area contributed by atoms with Gasteiger partial charge in [-0.1, -0.05) is 32.4 Å². The zero-order valence-electron chi connectivity index (χ0n) is 13.1. The van der Waals surface area contributed by atoms with Gasteiger partial charge in [0, 0.05) is 0 Å². The molecular weight excluding hydrogens is 288 g/mol. The van der Waals surface area contributed by atoms with Crippen molar-refractivity contribution in [3.8, 4) is 0 Å². The fourth-order valence-corrected chi connectivity index (χ4v) is 4.25. The second-order valence-electron chi connectivity index (χ2n) is 7.31. The lowest BCUT2D eigenvalue weighted by Gasteiger charge is -2.50. The molecule has 2 N–H and O–H groups in total. The van der Waals surface area contributed by atoms with Crippen LogP contribution >= 0.6 is 11.6 Å². The minimum Gasteiger partial charge on any atom is -0.406 e. The third-order valence-corrected chi connectivity index (χ3v) is 9.51. The highest BCUT2D eigenvalue weighted by atomic mass is 35.5. The van der Waals surface area contributed by atoms with Crippen LogP contribution in [0, 0.1) is 0 Å². The molecular formula is C15H25ClN2OSi. The Morgan fingerprint density at radius 2 is 1.95 bits per heavy atom. The molecule has 0 atom stereocenters. The van der Waals surface area contributed by atoms with Gasteiger partial charge in [0.05, 0.1) is 28.2 Å². The maximum atomic E-state index is 6.68. The Morgan fingerprint density at radius 3 is 2.35 bits per heavy atom. The number of halogens is 1. The fourth-order valence-electron chi connectivity index (χ4n) is 2.31. The zero-order valence-corrected chi connectivity index (χ0v) is 14.8. The van der Waals surface area contributed by atoms with Crippen molar-refractivity contribution in [2.45, 2.75) is 63.8 Å². The average Bonchev–Trinajstić information content (AvgIpc) is 2.22. The predicted octanol–water partition coefficient (Wildman–Crippen LogP) is 4.72. The van der Waals surface area contributed by atoms with E-state index in [1.807, 2.05) is 0 Å². The zero-order chi connectivity index (χ0) is 15.2. The molecule has 3 nitrogen and oxygen atoms in total. The Balaban J connectivity index is 2.35. The van der Waals surface area contributed by atoms with E-state index in [4.69, 9.17) is 21.8 Å². The monoisotopic (exact) mass is 312 g/mol. The summed E-state index contributed by atoms with van der Waals surface area (Å²) >= 11 is 6.36. The van der Waals surface area contributed by atoms with Gasteiger partial charge in [-0.3, -0.25) is 4.98 Å². The number of nitrogens with zero attached hydrogens (tertiary/aromatic N) is 1. The van der Waals surface area contributed by atoms with Gasteiger partial charge in [0.15, 0.2) is 8.32 Å². The van der Waals surface area contributed by atoms with E-state index >= 15 is 0 Å². The van der Waals surface area contributed by atoms with E-state index in [1.165, 1.54) is 0 Å². The predicted molar refractivity (Wildman–Crippen MR) is 87.5 cm³/mol. The molecule has 5 heteroatoms. The molecule has 1 aliphatic rings. The normalized spacial score (nSPS) is 18.7. The molecule has 1 saturated carbocycles. The van der Waals surface area contributed by atoms with E-state index in [1.54, 1.807) is 12.3 Å². The van der Waals surface area contributed by atoms with Gasteiger partial charge in [-0.2, -0.15) is 0 Å². The first kappa shape index (κ1) is 15.8. The molecule has 2 rings (SSSR count). The van der Waals surface area contributed by atoms with Gasteiger partial charge in [0.25, 0.3) is 0 Å². The van der Waals surface area contributed by atoms with Crippen LogP contribution < -0.4 is 5.73 Å². The third kappa shape index (κ3) is 2.74. The van der Waals surface area contributed by atoms with E-state index in [-0.39, 0.29) is 10.6 Å². The van der Waals surface area contributed by atoms with Crippen LogP contribution in [0.1, 0.15) is 45.7 Å². The smallest absolute Gasteiger partial charge is 0.193 e. The molecule has 0 unspecified atom stereocenters. The largest absolute Gasteiger partial charge is 0.406 e. The fraction of sp³-hybridized carbons (Fsp3) is 0.667. The molecule has 0 bridgehead atoms. The Kier molecular flexibility index (Phi) is 3.95. The van der Waals surface area contributed by atoms with Crippen LogP contribution in [0.15, 0.2) is 12.3 Å². The van der Waals surface area contributed by atoms with Crippen LogP contribution in [0.4, 0.5) is 5.69 Å². The number of pyridine rings is 1. The summed E-state index contributed by atoms with van der Waals surface area (Å²) in [5, 5.41) is 0.805. The van der Waals surface area contributed by atoms with E-state index in [0.29, 0.717) is 10.7 Å². The van der Waals surface area contributed by atoms with Crippen LogP contribution in [0.2, 0.25) is 23.2 Å². The van der Waals surface area contributed by atoms with Crippen molar-refractivity contribution in [3.63, 3.8) is 0 Å². The first-order valence-corrected chi connectivity index (χ1v) is 10.5. The lowest BCUT2D eigenvalue weighted by atomic mass is 9.77. The molecule has 112 valence electrons. The van der Waals surface area contributed by atoms with Crippen molar-refractivity contribution in [2.75, 3.05) is 5.73 Å². The van der Waals surface area contributed by atoms with Gasteiger partial charge in [0.1, 0.15) is 0 Å². The van der Waals surface area contributed by atoms with Crippen molar-refractivity contribution < 1.29 is 4.43 Å². The minimum absolute atomic E-state index is 0.176. The summed E-state index contributed by atoms with van der Waals surface area (Å²) in [7, 11) is -1.86. The van der Waals surface area contributed by atoms with Crippen LogP contribution in [0.25, 0.3) is 0 Å². The lowest BCUT2D eigenvalue weighted by molar-refractivity contribution is -0.0289. The van der Waals surface area contributed by atoms with Crippen LogP contribution in [0.5, 0.6) is 0 Å². The van der Waals surface area contributed by atoms with Gasteiger partial charge in [-0.25, -0.2) is 0 Å². The maximum absolute atomic E-state index is 6.68. The summed E-state index contributed by atoms with van der Waals surface area (Å²) in [5.41, 5.74) is 6.91. The van der Waals surface area contributed by atoms with Gasteiger partial charge in [0.2, 0.25) is 0 Å². The molecule has 0 amide bonds. The lowest BCUT2D eigenvalue weighted by Crippen LogP contribution is -2.51. The highest BCUT2D eigenvalue weighted by Gasteiger charge is 2.50. The van der Waals surface area contributed by atoms with Crippen molar-refractivity contribution in [3.05, 3.63) is 23.0 Å². The van der Waals surface area contributed by atoms with Crippen LogP contribution in [-0.4, -0.2) is 13.3 Å². The van der Waals surface area contributed by atoms with Crippen molar-refractivity contribution in [2.24, 2.45) is 0 Å². The van der Waals surface area contributed by atoms with Gasteiger partial charge in [-0.15, -0.1) is 0 Å². The van der Waals surface area contributed by atoms with Gasteiger partial charge < -0.3 is 10.2 Å². The summed E-state index contributed by atoms with van der Waals surface area (Å²) in [6.07, 6.45) is 4.83. The molecule has 1 heterocycles. The highest BCUT2D eigenvalue weighted by Crippen LogP contribution is 2.51. The van der Waals surface area contributed by atoms with Crippen molar-refractivity contribution in [1.82, 2.24) is 4.98 Å². The molecule has 0 aliphatic heterocycles. The number of hydrogen-bond donors (Lipinski definition) is 1. The summed E-state index contributed by atoms with van der Waals surface area (Å²) in [5.74, 6) is 0. The van der Waals surface area contributed by atoms with E-state index in [0.717, 1.165) is 25.0 Å². The average molecular weight is 313 g/mol. The Labute approximate surface area is 128 Å². The van der Waals surface area contributed by atoms with Crippen molar-refractivity contribution >= 4 is 25.6 Å². The van der Waals surface area contributed by atoms with Gasteiger partial charge in [-0.05, 0) is 43.5 Å². The number of hydrogen-bond acceptors (Lipinski definition) is 3. The van der Waals surface area contributed by atoms with Gasteiger partial charge >= 0.3 is 0 Å². The third-order valence-electron chi connectivity index (χ3n) is 4.71. The Hall–Kier alpha value is -0.583. The molecule has 1 aromatic rings. The van der Waals surface area contributed by atoms with E-state index in [9.17, 15) is 0 Å². The summed E-state index contributed by atoms with van der Waals surface area (Å²) in [6.45, 7) is 11.3. The molecule has 0 spiro atoms. The standard InChI is InChI=1S/C15H25ClN2OSi/c1-14(2,3)20(4,5)19-15(7-6-8-15)13-12(16)9-11(17)10-18-13/h9-10H,6-8,17H2,1-5H3. The minimum atomic E-state index is -1.86. The molecule has 1 fully saturated rings. The van der Waals surface area contributed by atoms with Crippen LogP contribution in [0.3, 0.4) is 0 Å². The number of nitrogen functional groups attached to an aromatic ring is 1. The highest BCUT2D eigenvalue weighted by molar-refractivity contribution is 6.74. The summed E-state index contributed by atoms with van der Waals surface area (Å²) in [6, 6.07) is 1.78. The van der Waals surface area contributed by atoms with E-state index < -0.39 is 8.32 Å². The second-order valence-corrected chi connectivity index (χ2v) is 12.4. The number of anilines is 1. The summed E-state index contributed by atoms with van der Waals surface area (Å²) < 4.78 is 6.68. The summed E-state index contributed by atoms with van der Waals surface area (Å²) in [4.78, 5) is 4.48. The SMILES string of the molecule is CC(C)(C)[Si](C)(C)OC1(c2ncc(N)cc2Cl)CCC1. The number of rotatable bonds is 3. The first-order chi connectivity index (χ1) is 9.07. The van der Waals surface area contributed by atoms with Crippen molar-refractivity contribution in [1.29, 1.82) is 0 Å². The molecule has 0 radical (unpaired) electrons. The first-order valence-electron chi connectivity index (χ1n) is 7.19. The molecule has 0 aromatic carbocycles. The molecule has 1 aliphatic carbocycles. The Bertz CT molecular complexity index is 507. The van der Waals surface area contributed by atoms with E-state index in [2.05, 4.69) is 38.8 Å². The topological polar surface area (TPSA) is 48.1 Å². The number of aromatic nitrogens is 1. The Morgan fingerprint density at radius 1 is 1.35 bits per heavy atom. The maximum Gasteiger partial charge on any atom is 0.193 e. The van der Waals surface area contributed by atoms with Crippen LogP contribution in [-0.2, 0) is 10.0 Å². The molecule has 1 aromatic heterocycles. The quantitative estimate of drug-likeness (QED) is 0.822.